The Labute approximate surface area is 208 Å². The van der Waals surface area contributed by atoms with Gasteiger partial charge in [-0.2, -0.15) is 4.98 Å². The number of anilines is 1. The highest BCUT2D eigenvalue weighted by atomic mass is 32.2. The minimum absolute atomic E-state index is 0.0601. The molecule has 6 nitrogen and oxygen atoms in total. The molecule has 9 heteroatoms. The van der Waals surface area contributed by atoms with Gasteiger partial charge in [0.2, 0.25) is 0 Å². The van der Waals surface area contributed by atoms with Crippen LogP contribution in [0.4, 0.5) is 5.82 Å². The first-order valence-corrected chi connectivity index (χ1v) is 14.1. The zero-order chi connectivity index (χ0) is 24.7. The molecule has 2 aromatic rings. The second kappa shape index (κ2) is 9.20. The Hall–Kier alpha value is -2.62. The SMILES string of the molecule is Cc1ccc(S(=O)(=O)Nc2nc(=O)n3c(C)c(C)sc(SCC(C)(C)c4ccccc4)c2-3)cc1. The largest absolute Gasteiger partial charge is 0.354 e. The number of imidazole rings is 1. The number of nitrogens with one attached hydrogen (secondary N) is 1. The van der Waals surface area contributed by atoms with E-state index in [-0.39, 0.29) is 16.1 Å². The van der Waals surface area contributed by atoms with Gasteiger partial charge in [-0.3, -0.25) is 9.29 Å². The van der Waals surface area contributed by atoms with Crippen molar-refractivity contribution < 1.29 is 8.42 Å². The Morgan fingerprint density at radius 2 is 1.68 bits per heavy atom. The minimum Gasteiger partial charge on any atom is -0.261 e. The highest BCUT2D eigenvalue weighted by molar-refractivity contribution is 8.01. The molecule has 2 aromatic carbocycles. The van der Waals surface area contributed by atoms with Crippen LogP contribution in [0.2, 0.25) is 0 Å². The van der Waals surface area contributed by atoms with Gasteiger partial charge in [0, 0.05) is 16.3 Å². The van der Waals surface area contributed by atoms with E-state index in [0.29, 0.717) is 5.69 Å². The second-order valence-corrected chi connectivity index (χ2v) is 13.1. The van der Waals surface area contributed by atoms with Gasteiger partial charge in [0.1, 0.15) is 5.69 Å². The molecule has 0 aromatic heterocycles. The molecule has 0 radical (unpaired) electrons. The van der Waals surface area contributed by atoms with Crippen LogP contribution in [-0.4, -0.2) is 23.7 Å². The summed E-state index contributed by atoms with van der Waals surface area (Å²) in [5, 5.41) is 0. The van der Waals surface area contributed by atoms with E-state index in [1.165, 1.54) is 10.1 Å². The Bertz CT molecular complexity index is 1460. The zero-order valence-corrected chi connectivity index (χ0v) is 22.2. The smallest absolute Gasteiger partial charge is 0.261 e. The van der Waals surface area contributed by atoms with Crippen LogP contribution in [0.1, 0.15) is 35.5 Å². The molecule has 0 fully saturated rings. The van der Waals surface area contributed by atoms with Crippen molar-refractivity contribution in [2.45, 2.75) is 49.1 Å². The van der Waals surface area contributed by atoms with Crippen LogP contribution in [0.5, 0.6) is 0 Å². The first-order valence-electron chi connectivity index (χ1n) is 10.8. The van der Waals surface area contributed by atoms with Crippen molar-refractivity contribution in [2.75, 3.05) is 10.5 Å². The standard InChI is InChI=1S/C25H27N3O3S3/c1-16-11-13-20(14-12-16)34(30,31)27-22-21-23(33-18(3)17(2)28(21)24(29)26-22)32-15-25(4,5)19-9-7-6-8-10-19/h6-14H,15H2,1-5H3,(H,26,27,29). The summed E-state index contributed by atoms with van der Waals surface area (Å²) in [4.78, 5) is 18.0. The van der Waals surface area contributed by atoms with Gasteiger partial charge in [-0.15, -0.1) is 23.1 Å². The van der Waals surface area contributed by atoms with Gasteiger partial charge in [-0.05, 0) is 43.9 Å². The summed E-state index contributed by atoms with van der Waals surface area (Å²) >= 11 is 3.16. The predicted molar refractivity (Wildman–Crippen MR) is 141 cm³/mol. The molecule has 0 unspecified atom stereocenters. The van der Waals surface area contributed by atoms with E-state index in [0.717, 1.165) is 26.1 Å². The Kier molecular flexibility index (Phi) is 6.63. The molecule has 1 N–H and O–H groups in total. The molecule has 34 heavy (non-hydrogen) atoms. The van der Waals surface area contributed by atoms with Crippen molar-refractivity contribution in [3.05, 3.63) is 86.8 Å². The topological polar surface area (TPSA) is 81.1 Å². The number of hydrogen-bond acceptors (Lipinski definition) is 6. The van der Waals surface area contributed by atoms with E-state index in [9.17, 15) is 13.2 Å². The van der Waals surface area contributed by atoms with Crippen LogP contribution in [0, 0.1) is 20.8 Å². The lowest BCUT2D eigenvalue weighted by Gasteiger charge is -2.25. The van der Waals surface area contributed by atoms with E-state index in [1.807, 2.05) is 39.0 Å². The number of benzene rings is 2. The molecule has 2 aliphatic rings. The predicted octanol–water partition coefficient (Wildman–Crippen LogP) is 5.53. The quantitative estimate of drug-likeness (QED) is 0.329. The summed E-state index contributed by atoms with van der Waals surface area (Å²) in [7, 11) is -3.90. The molecule has 2 heterocycles. The summed E-state index contributed by atoms with van der Waals surface area (Å²) in [5.41, 5.74) is 2.81. The third-order valence-electron chi connectivity index (χ3n) is 5.81. The van der Waals surface area contributed by atoms with Gasteiger partial charge in [-0.25, -0.2) is 13.2 Å². The fraction of sp³-hybridized carbons (Fsp3) is 0.280. The van der Waals surface area contributed by atoms with Gasteiger partial charge in [0.15, 0.2) is 5.82 Å². The van der Waals surface area contributed by atoms with E-state index in [1.54, 1.807) is 47.4 Å². The van der Waals surface area contributed by atoms with Gasteiger partial charge >= 0.3 is 5.69 Å². The van der Waals surface area contributed by atoms with Crippen molar-refractivity contribution >= 4 is 38.9 Å². The summed E-state index contributed by atoms with van der Waals surface area (Å²) in [6.45, 7) is 10.1. The van der Waals surface area contributed by atoms with E-state index in [2.05, 4.69) is 35.7 Å². The number of aromatic nitrogens is 2. The second-order valence-electron chi connectivity index (χ2n) is 8.92. The average molecular weight is 514 g/mol. The first kappa shape index (κ1) is 24.5. The van der Waals surface area contributed by atoms with Gasteiger partial charge in [-0.1, -0.05) is 61.9 Å². The maximum absolute atomic E-state index is 13.1. The molecule has 0 amide bonds. The van der Waals surface area contributed by atoms with Crippen molar-refractivity contribution in [3.63, 3.8) is 0 Å². The summed E-state index contributed by atoms with van der Waals surface area (Å²) in [5.74, 6) is 0.805. The lowest BCUT2D eigenvalue weighted by Crippen LogP contribution is -2.21. The maximum atomic E-state index is 13.1. The fourth-order valence-electron chi connectivity index (χ4n) is 3.61. The summed E-state index contributed by atoms with van der Waals surface area (Å²) in [6, 6.07) is 16.8. The molecular formula is C25H27N3O3S3. The molecule has 0 bridgehead atoms. The summed E-state index contributed by atoms with van der Waals surface area (Å²) in [6.07, 6.45) is 0. The molecule has 0 saturated heterocycles. The number of thioether (sulfide) groups is 1. The Morgan fingerprint density at radius 1 is 1.03 bits per heavy atom. The molecule has 2 aliphatic heterocycles. The normalized spacial score (nSPS) is 12.3. The number of rotatable bonds is 7. The van der Waals surface area contributed by atoms with E-state index in [4.69, 9.17) is 0 Å². The van der Waals surface area contributed by atoms with Gasteiger partial charge < -0.3 is 0 Å². The van der Waals surface area contributed by atoms with Crippen LogP contribution in [0.3, 0.4) is 0 Å². The molecular weight excluding hydrogens is 486 g/mol. The molecule has 178 valence electrons. The van der Waals surface area contributed by atoms with Crippen LogP contribution in [0.15, 0.2) is 68.5 Å². The number of hydrogen-bond donors (Lipinski definition) is 1. The van der Waals surface area contributed by atoms with Crippen molar-refractivity contribution in [3.8, 4) is 5.69 Å². The highest BCUT2D eigenvalue weighted by Gasteiger charge is 2.28. The maximum Gasteiger partial charge on any atom is 0.354 e. The number of sulfonamides is 1. The van der Waals surface area contributed by atoms with Crippen molar-refractivity contribution in [2.24, 2.45) is 0 Å². The average Bonchev–Trinajstić information content (AvgIpc) is 3.11. The summed E-state index contributed by atoms with van der Waals surface area (Å²) < 4.78 is 31.1. The number of nitrogens with zero attached hydrogens (tertiary/aromatic N) is 2. The monoisotopic (exact) mass is 513 g/mol. The zero-order valence-electron chi connectivity index (χ0n) is 19.7. The third kappa shape index (κ3) is 4.78. The van der Waals surface area contributed by atoms with Crippen molar-refractivity contribution in [1.29, 1.82) is 0 Å². The molecule has 0 spiro atoms. The number of fused-ring (bicyclic) bond motifs is 1. The lowest BCUT2D eigenvalue weighted by molar-refractivity contribution is 0.600. The van der Waals surface area contributed by atoms with Crippen LogP contribution < -0.4 is 10.4 Å². The molecule has 0 saturated carbocycles. The minimum atomic E-state index is -3.90. The first-order chi connectivity index (χ1) is 16.0. The lowest BCUT2D eigenvalue weighted by atomic mass is 9.87. The molecule has 4 rings (SSSR count). The number of aryl methyl sites for hydroxylation is 2. The van der Waals surface area contributed by atoms with Crippen molar-refractivity contribution in [1.82, 2.24) is 9.55 Å². The van der Waals surface area contributed by atoms with E-state index < -0.39 is 15.7 Å². The molecule has 0 atom stereocenters. The van der Waals surface area contributed by atoms with Gasteiger partial charge in [0.05, 0.1) is 9.10 Å². The van der Waals surface area contributed by atoms with E-state index >= 15 is 0 Å². The van der Waals surface area contributed by atoms with Crippen LogP contribution >= 0.6 is 23.1 Å². The Balaban J connectivity index is 1.75. The van der Waals surface area contributed by atoms with Crippen LogP contribution in [0.25, 0.3) is 5.69 Å². The fourth-order valence-corrected chi connectivity index (χ4v) is 7.19. The third-order valence-corrected chi connectivity index (χ3v) is 10.1. The van der Waals surface area contributed by atoms with Gasteiger partial charge in [0.25, 0.3) is 10.0 Å². The van der Waals surface area contributed by atoms with Crippen LogP contribution in [-0.2, 0) is 15.4 Å². The highest BCUT2D eigenvalue weighted by Crippen LogP contribution is 2.41. The Morgan fingerprint density at radius 3 is 2.32 bits per heavy atom. The molecule has 0 aliphatic carbocycles.